The molecule has 15 heavy (non-hydrogen) atoms. The smallest absolute Gasteiger partial charge is 0.0130 e. The van der Waals surface area contributed by atoms with Gasteiger partial charge in [-0.15, -0.1) is 0 Å². The molecule has 0 aliphatic heterocycles. The molecule has 0 aromatic heterocycles. The van der Waals surface area contributed by atoms with E-state index < -0.39 is 0 Å². The van der Waals surface area contributed by atoms with Crippen LogP contribution in [0.5, 0.6) is 0 Å². The SMILES string of the molecule is CCCC(c1ccccc1)C(CC)NC. The van der Waals surface area contributed by atoms with E-state index in [1.54, 1.807) is 0 Å². The van der Waals surface area contributed by atoms with Crippen LogP contribution in [0.3, 0.4) is 0 Å². The molecule has 2 unspecified atom stereocenters. The van der Waals surface area contributed by atoms with Crippen LogP contribution in [0.25, 0.3) is 0 Å². The molecule has 1 aromatic carbocycles. The van der Waals surface area contributed by atoms with Gasteiger partial charge in [0, 0.05) is 6.04 Å². The van der Waals surface area contributed by atoms with Crippen molar-refractivity contribution in [2.75, 3.05) is 7.05 Å². The first-order valence-electron chi connectivity index (χ1n) is 6.05. The number of benzene rings is 1. The third-order valence-corrected chi connectivity index (χ3v) is 3.12. The van der Waals surface area contributed by atoms with Crippen LogP contribution in [0.15, 0.2) is 30.3 Å². The molecule has 0 radical (unpaired) electrons. The van der Waals surface area contributed by atoms with E-state index in [9.17, 15) is 0 Å². The number of nitrogens with one attached hydrogen (secondary N) is 1. The van der Waals surface area contributed by atoms with Gasteiger partial charge in [0.05, 0.1) is 0 Å². The molecular weight excluding hydrogens is 182 g/mol. The summed E-state index contributed by atoms with van der Waals surface area (Å²) in [6.45, 7) is 4.52. The summed E-state index contributed by atoms with van der Waals surface area (Å²) in [5.74, 6) is 0.659. The van der Waals surface area contributed by atoms with Crippen LogP contribution in [0.4, 0.5) is 0 Å². The summed E-state index contributed by atoms with van der Waals surface area (Å²) in [6.07, 6.45) is 3.71. The van der Waals surface area contributed by atoms with Crippen LogP contribution in [-0.4, -0.2) is 13.1 Å². The molecule has 84 valence electrons. The van der Waals surface area contributed by atoms with Gasteiger partial charge in [0.15, 0.2) is 0 Å². The van der Waals surface area contributed by atoms with E-state index >= 15 is 0 Å². The van der Waals surface area contributed by atoms with Gasteiger partial charge in [0.1, 0.15) is 0 Å². The second-order valence-corrected chi connectivity index (χ2v) is 4.11. The molecule has 1 rings (SSSR count). The van der Waals surface area contributed by atoms with Crippen LogP contribution < -0.4 is 5.32 Å². The largest absolute Gasteiger partial charge is 0.316 e. The number of hydrogen-bond acceptors (Lipinski definition) is 1. The molecule has 1 nitrogen and oxygen atoms in total. The lowest BCUT2D eigenvalue weighted by Crippen LogP contribution is -2.31. The molecule has 0 heterocycles. The molecule has 0 aliphatic carbocycles. The maximum Gasteiger partial charge on any atom is 0.0130 e. The van der Waals surface area contributed by atoms with Crippen molar-refractivity contribution < 1.29 is 0 Å². The van der Waals surface area contributed by atoms with Gasteiger partial charge in [-0.25, -0.2) is 0 Å². The highest BCUT2D eigenvalue weighted by Gasteiger charge is 2.18. The van der Waals surface area contributed by atoms with Crippen LogP contribution in [0, 0.1) is 0 Å². The van der Waals surface area contributed by atoms with Crippen molar-refractivity contribution in [2.45, 2.75) is 45.1 Å². The van der Waals surface area contributed by atoms with Gasteiger partial charge in [-0.3, -0.25) is 0 Å². The van der Waals surface area contributed by atoms with Gasteiger partial charge in [-0.05, 0) is 31.4 Å². The Morgan fingerprint density at radius 2 is 1.80 bits per heavy atom. The normalized spacial score (nSPS) is 14.9. The second-order valence-electron chi connectivity index (χ2n) is 4.11. The minimum absolute atomic E-state index is 0.604. The summed E-state index contributed by atoms with van der Waals surface area (Å²) in [5.41, 5.74) is 1.47. The second kappa shape index (κ2) is 6.62. The molecule has 0 aliphatic rings. The Labute approximate surface area is 93.9 Å². The van der Waals surface area contributed by atoms with Crippen molar-refractivity contribution in [3.05, 3.63) is 35.9 Å². The van der Waals surface area contributed by atoms with E-state index in [1.807, 2.05) is 0 Å². The lowest BCUT2D eigenvalue weighted by atomic mass is 9.86. The number of likely N-dealkylation sites (N-methyl/N-ethyl adjacent to an activating group) is 1. The van der Waals surface area contributed by atoms with E-state index in [2.05, 4.69) is 56.5 Å². The zero-order chi connectivity index (χ0) is 11.1. The number of rotatable bonds is 6. The Kier molecular flexibility index (Phi) is 5.41. The zero-order valence-corrected chi connectivity index (χ0v) is 10.2. The summed E-state index contributed by atoms with van der Waals surface area (Å²) in [4.78, 5) is 0. The van der Waals surface area contributed by atoms with Gasteiger partial charge in [0.2, 0.25) is 0 Å². The van der Waals surface area contributed by atoms with Crippen molar-refractivity contribution >= 4 is 0 Å². The van der Waals surface area contributed by atoms with E-state index in [0.717, 1.165) is 0 Å². The van der Waals surface area contributed by atoms with Gasteiger partial charge >= 0.3 is 0 Å². The molecule has 0 saturated carbocycles. The molecular formula is C14H23N. The van der Waals surface area contributed by atoms with Gasteiger partial charge in [-0.1, -0.05) is 50.6 Å². The minimum atomic E-state index is 0.604. The quantitative estimate of drug-likeness (QED) is 0.748. The molecule has 0 amide bonds. The van der Waals surface area contributed by atoms with E-state index in [0.29, 0.717) is 12.0 Å². The summed E-state index contributed by atoms with van der Waals surface area (Å²) < 4.78 is 0. The third-order valence-electron chi connectivity index (χ3n) is 3.12. The fraction of sp³-hybridized carbons (Fsp3) is 0.571. The number of hydrogen-bond donors (Lipinski definition) is 1. The summed E-state index contributed by atoms with van der Waals surface area (Å²) >= 11 is 0. The first kappa shape index (κ1) is 12.3. The van der Waals surface area contributed by atoms with Crippen LogP contribution in [-0.2, 0) is 0 Å². The molecule has 1 N–H and O–H groups in total. The molecule has 2 atom stereocenters. The van der Waals surface area contributed by atoms with Gasteiger partial charge in [-0.2, -0.15) is 0 Å². The standard InChI is InChI=1S/C14H23N/c1-4-9-13(14(5-2)15-3)12-10-7-6-8-11-12/h6-8,10-11,13-15H,4-5,9H2,1-3H3. The molecule has 1 aromatic rings. The van der Waals surface area contributed by atoms with Crippen LogP contribution in [0.2, 0.25) is 0 Å². The first-order valence-corrected chi connectivity index (χ1v) is 6.05. The first-order chi connectivity index (χ1) is 7.33. The van der Waals surface area contributed by atoms with E-state index in [1.165, 1.54) is 24.8 Å². The van der Waals surface area contributed by atoms with Crippen LogP contribution in [0.1, 0.15) is 44.6 Å². The monoisotopic (exact) mass is 205 g/mol. The van der Waals surface area contributed by atoms with E-state index in [4.69, 9.17) is 0 Å². The molecule has 0 spiro atoms. The van der Waals surface area contributed by atoms with Crippen molar-refractivity contribution in [1.82, 2.24) is 5.32 Å². The fourth-order valence-electron chi connectivity index (χ4n) is 2.30. The van der Waals surface area contributed by atoms with Crippen molar-refractivity contribution in [1.29, 1.82) is 0 Å². The summed E-state index contributed by atoms with van der Waals surface area (Å²) in [6, 6.07) is 11.5. The van der Waals surface area contributed by atoms with E-state index in [-0.39, 0.29) is 0 Å². The maximum atomic E-state index is 3.44. The Morgan fingerprint density at radius 3 is 2.27 bits per heavy atom. The van der Waals surface area contributed by atoms with Gasteiger partial charge < -0.3 is 5.32 Å². The molecule has 1 heteroatoms. The van der Waals surface area contributed by atoms with Crippen molar-refractivity contribution in [2.24, 2.45) is 0 Å². The Morgan fingerprint density at radius 1 is 1.13 bits per heavy atom. The molecule has 0 bridgehead atoms. The average molecular weight is 205 g/mol. The topological polar surface area (TPSA) is 12.0 Å². The molecule has 0 saturated heterocycles. The highest BCUT2D eigenvalue weighted by molar-refractivity contribution is 5.21. The maximum absolute atomic E-state index is 3.44. The lowest BCUT2D eigenvalue weighted by molar-refractivity contribution is 0.425. The Hall–Kier alpha value is -0.820. The average Bonchev–Trinajstić information content (AvgIpc) is 2.30. The summed E-state index contributed by atoms with van der Waals surface area (Å²) in [7, 11) is 2.07. The highest BCUT2D eigenvalue weighted by Crippen LogP contribution is 2.26. The predicted molar refractivity (Wildman–Crippen MR) is 67.2 cm³/mol. The van der Waals surface area contributed by atoms with Crippen molar-refractivity contribution in [3.63, 3.8) is 0 Å². The lowest BCUT2D eigenvalue weighted by Gasteiger charge is -2.26. The Bertz CT molecular complexity index is 251. The Balaban J connectivity index is 2.81. The van der Waals surface area contributed by atoms with Crippen LogP contribution >= 0.6 is 0 Å². The summed E-state index contributed by atoms with van der Waals surface area (Å²) in [5, 5.41) is 3.44. The zero-order valence-electron chi connectivity index (χ0n) is 10.2. The fourth-order valence-corrected chi connectivity index (χ4v) is 2.30. The molecule has 0 fully saturated rings. The minimum Gasteiger partial charge on any atom is -0.316 e. The third kappa shape index (κ3) is 3.35. The van der Waals surface area contributed by atoms with Crippen molar-refractivity contribution in [3.8, 4) is 0 Å². The van der Waals surface area contributed by atoms with Gasteiger partial charge in [0.25, 0.3) is 0 Å². The predicted octanol–water partition coefficient (Wildman–Crippen LogP) is 3.57. The highest BCUT2D eigenvalue weighted by atomic mass is 14.9.